The van der Waals surface area contributed by atoms with E-state index in [1.165, 1.54) is 0 Å². The third-order valence-electron chi connectivity index (χ3n) is 1.66. The predicted molar refractivity (Wildman–Crippen MR) is 46.1 cm³/mol. The summed E-state index contributed by atoms with van der Waals surface area (Å²) in [6.45, 7) is 2.57. The smallest absolute Gasteiger partial charge is 0.248 e. The van der Waals surface area contributed by atoms with E-state index in [9.17, 15) is 0 Å². The number of nitrogens with two attached hydrogens (primary N) is 1. The van der Waals surface area contributed by atoms with E-state index in [-0.39, 0.29) is 0 Å². The van der Waals surface area contributed by atoms with Gasteiger partial charge in [0, 0.05) is 6.54 Å². The van der Waals surface area contributed by atoms with E-state index in [0.717, 1.165) is 5.69 Å². The largest absolute Gasteiger partial charge is 0.337 e. The van der Waals surface area contributed by atoms with Gasteiger partial charge in [-0.1, -0.05) is 10.4 Å². The van der Waals surface area contributed by atoms with Gasteiger partial charge in [-0.25, -0.2) is 4.68 Å². The highest BCUT2D eigenvalue weighted by molar-refractivity contribution is 4.92. The first-order chi connectivity index (χ1) is 6.78. The molecule has 0 radical (unpaired) electrons. The molecule has 74 valence electrons. The fraction of sp³-hybridized carbons (Fsp3) is 0.429. The van der Waals surface area contributed by atoms with E-state index < -0.39 is 0 Å². The first kappa shape index (κ1) is 8.82. The number of aryl methyl sites for hydroxylation is 1. The van der Waals surface area contributed by atoms with Gasteiger partial charge >= 0.3 is 0 Å². The molecule has 0 aliphatic rings. The molecule has 0 saturated carbocycles. The van der Waals surface area contributed by atoms with Crippen LogP contribution in [-0.2, 0) is 13.1 Å². The van der Waals surface area contributed by atoms with Crippen molar-refractivity contribution in [3.63, 3.8) is 0 Å². The zero-order valence-corrected chi connectivity index (χ0v) is 7.71. The molecule has 0 amide bonds. The second kappa shape index (κ2) is 3.54. The lowest BCUT2D eigenvalue weighted by Gasteiger charge is -1.91. The quantitative estimate of drug-likeness (QED) is 0.706. The predicted octanol–water partition coefficient (Wildman–Crippen LogP) is -0.523. The first-order valence-corrected chi connectivity index (χ1v) is 4.16. The van der Waals surface area contributed by atoms with Crippen molar-refractivity contribution in [1.29, 1.82) is 0 Å². The van der Waals surface area contributed by atoms with Crippen LogP contribution in [0.3, 0.4) is 0 Å². The maximum absolute atomic E-state index is 5.39. The summed E-state index contributed by atoms with van der Waals surface area (Å²) in [4.78, 5) is 4.04. The van der Waals surface area contributed by atoms with Crippen molar-refractivity contribution in [2.75, 3.05) is 0 Å². The van der Waals surface area contributed by atoms with E-state index >= 15 is 0 Å². The molecule has 7 nitrogen and oxygen atoms in total. The molecular formula is C7H10N6O. The van der Waals surface area contributed by atoms with Crippen molar-refractivity contribution in [2.45, 2.75) is 20.0 Å². The molecule has 0 bridgehead atoms. The second-order valence-corrected chi connectivity index (χ2v) is 2.85. The maximum Gasteiger partial charge on any atom is 0.248 e. The highest BCUT2D eigenvalue weighted by Crippen LogP contribution is 1.99. The fourth-order valence-corrected chi connectivity index (χ4v) is 1.05. The lowest BCUT2D eigenvalue weighted by Crippen LogP contribution is -2.00. The first-order valence-electron chi connectivity index (χ1n) is 4.16. The molecule has 0 atom stereocenters. The molecule has 0 unspecified atom stereocenters. The standard InChI is InChI=1S/C7H10N6O/c1-5-9-7(14-11-5)4-13-3-6(2-8)10-12-13/h3H,2,4,8H2,1H3. The highest BCUT2D eigenvalue weighted by atomic mass is 16.5. The summed E-state index contributed by atoms with van der Waals surface area (Å²) in [6, 6.07) is 0. The fourth-order valence-electron chi connectivity index (χ4n) is 1.05. The molecule has 0 saturated heterocycles. The number of hydrogen-bond donors (Lipinski definition) is 1. The third-order valence-corrected chi connectivity index (χ3v) is 1.66. The summed E-state index contributed by atoms with van der Waals surface area (Å²) >= 11 is 0. The lowest BCUT2D eigenvalue weighted by molar-refractivity contribution is 0.361. The summed E-state index contributed by atoms with van der Waals surface area (Å²) in [6.07, 6.45) is 1.75. The van der Waals surface area contributed by atoms with E-state index in [0.29, 0.717) is 24.8 Å². The molecule has 0 spiro atoms. The van der Waals surface area contributed by atoms with Crippen LogP contribution in [0.1, 0.15) is 17.4 Å². The maximum atomic E-state index is 5.39. The van der Waals surface area contributed by atoms with Gasteiger partial charge in [0.2, 0.25) is 5.89 Å². The number of hydrogen-bond acceptors (Lipinski definition) is 6. The van der Waals surface area contributed by atoms with Gasteiger partial charge in [0.1, 0.15) is 6.54 Å². The minimum atomic E-state index is 0.378. The average molecular weight is 194 g/mol. The van der Waals surface area contributed by atoms with Crippen molar-refractivity contribution in [3.8, 4) is 0 Å². The van der Waals surface area contributed by atoms with Crippen LogP contribution in [0.2, 0.25) is 0 Å². The van der Waals surface area contributed by atoms with Crippen LogP contribution in [-0.4, -0.2) is 25.1 Å². The van der Waals surface area contributed by atoms with Crippen LogP contribution in [0.25, 0.3) is 0 Å². The van der Waals surface area contributed by atoms with Crippen molar-refractivity contribution in [3.05, 3.63) is 23.6 Å². The van der Waals surface area contributed by atoms with Gasteiger partial charge in [-0.05, 0) is 6.92 Å². The molecule has 0 aliphatic heterocycles. The lowest BCUT2D eigenvalue weighted by atomic mass is 10.5. The molecule has 14 heavy (non-hydrogen) atoms. The van der Waals surface area contributed by atoms with Gasteiger partial charge in [-0.15, -0.1) is 5.10 Å². The normalized spacial score (nSPS) is 10.7. The molecule has 0 aliphatic carbocycles. The number of nitrogens with zero attached hydrogens (tertiary/aromatic N) is 5. The average Bonchev–Trinajstić information content (AvgIpc) is 2.76. The van der Waals surface area contributed by atoms with Gasteiger partial charge in [-0.3, -0.25) is 0 Å². The van der Waals surface area contributed by atoms with Crippen molar-refractivity contribution in [1.82, 2.24) is 25.1 Å². The Balaban J connectivity index is 2.10. The van der Waals surface area contributed by atoms with Crippen LogP contribution < -0.4 is 5.73 Å². The Hall–Kier alpha value is -1.76. The Morgan fingerprint density at radius 1 is 1.57 bits per heavy atom. The highest BCUT2D eigenvalue weighted by Gasteiger charge is 2.05. The Kier molecular flexibility index (Phi) is 2.23. The summed E-state index contributed by atoms with van der Waals surface area (Å²) in [5.41, 5.74) is 6.13. The Morgan fingerprint density at radius 3 is 3.00 bits per heavy atom. The van der Waals surface area contributed by atoms with E-state index in [1.807, 2.05) is 0 Å². The van der Waals surface area contributed by atoms with Gasteiger partial charge in [0.15, 0.2) is 5.82 Å². The SMILES string of the molecule is Cc1noc(Cn2cc(CN)nn2)n1. The molecule has 0 fully saturated rings. The van der Waals surface area contributed by atoms with Crippen molar-refractivity contribution < 1.29 is 4.52 Å². The van der Waals surface area contributed by atoms with Gasteiger partial charge in [0.25, 0.3) is 0 Å². The summed E-state index contributed by atoms with van der Waals surface area (Å²) < 4.78 is 6.54. The van der Waals surface area contributed by atoms with Crippen LogP contribution in [0, 0.1) is 6.92 Å². The van der Waals surface area contributed by atoms with E-state index in [2.05, 4.69) is 20.5 Å². The number of aromatic nitrogens is 5. The molecule has 2 aromatic heterocycles. The van der Waals surface area contributed by atoms with Crippen LogP contribution in [0.15, 0.2) is 10.7 Å². The van der Waals surface area contributed by atoms with E-state index in [1.54, 1.807) is 17.8 Å². The van der Waals surface area contributed by atoms with Crippen LogP contribution in [0.4, 0.5) is 0 Å². The third kappa shape index (κ3) is 1.77. The van der Waals surface area contributed by atoms with E-state index in [4.69, 9.17) is 10.3 Å². The molecule has 2 rings (SSSR count). The zero-order chi connectivity index (χ0) is 9.97. The van der Waals surface area contributed by atoms with Crippen LogP contribution >= 0.6 is 0 Å². The molecule has 0 aromatic carbocycles. The summed E-state index contributed by atoms with van der Waals surface area (Å²) in [5.74, 6) is 1.12. The molecule has 2 aromatic rings. The molecule has 2 heterocycles. The van der Waals surface area contributed by atoms with Crippen molar-refractivity contribution in [2.24, 2.45) is 5.73 Å². The van der Waals surface area contributed by atoms with Gasteiger partial charge in [0.05, 0.1) is 11.9 Å². The Bertz CT molecular complexity index is 419. The molecule has 7 heteroatoms. The van der Waals surface area contributed by atoms with Gasteiger partial charge in [-0.2, -0.15) is 4.98 Å². The number of rotatable bonds is 3. The minimum absolute atomic E-state index is 0.378. The van der Waals surface area contributed by atoms with Crippen molar-refractivity contribution >= 4 is 0 Å². The zero-order valence-electron chi connectivity index (χ0n) is 7.71. The Morgan fingerprint density at radius 2 is 2.43 bits per heavy atom. The molecular weight excluding hydrogens is 184 g/mol. The second-order valence-electron chi connectivity index (χ2n) is 2.85. The summed E-state index contributed by atoms with van der Waals surface area (Å²) in [5, 5.41) is 11.4. The van der Waals surface area contributed by atoms with Crippen LogP contribution in [0.5, 0.6) is 0 Å². The molecule has 2 N–H and O–H groups in total. The topological polar surface area (TPSA) is 95.7 Å². The van der Waals surface area contributed by atoms with Gasteiger partial charge < -0.3 is 10.3 Å². The minimum Gasteiger partial charge on any atom is -0.337 e. The monoisotopic (exact) mass is 194 g/mol. The summed E-state index contributed by atoms with van der Waals surface area (Å²) in [7, 11) is 0. The Labute approximate surface area is 79.9 Å².